The first-order valence-electron chi connectivity index (χ1n) is 6.30. The van der Waals surface area contributed by atoms with Crippen molar-refractivity contribution in [3.63, 3.8) is 0 Å². The average Bonchev–Trinajstić information content (AvgIpc) is 2.89. The number of likely N-dealkylation sites (N-methyl/N-ethyl adjacent to an activating group) is 1. The van der Waals surface area contributed by atoms with Crippen LogP contribution in [0.5, 0.6) is 0 Å². The van der Waals surface area contributed by atoms with Crippen LogP contribution in [0.3, 0.4) is 0 Å². The minimum atomic E-state index is -0.200. The molecule has 0 saturated carbocycles. The highest BCUT2D eigenvalue weighted by Crippen LogP contribution is 2.14. The second-order valence-electron chi connectivity index (χ2n) is 4.42. The maximum atomic E-state index is 12.2. The fourth-order valence-corrected chi connectivity index (χ4v) is 2.12. The maximum absolute atomic E-state index is 12.2. The molecule has 1 aromatic rings. The number of ether oxygens (including phenoxy) is 1. The monoisotopic (exact) mass is 250 g/mol. The van der Waals surface area contributed by atoms with Gasteiger partial charge in [-0.1, -0.05) is 0 Å². The van der Waals surface area contributed by atoms with E-state index in [2.05, 4.69) is 4.98 Å². The molecule has 1 atom stereocenters. The van der Waals surface area contributed by atoms with E-state index in [1.165, 1.54) is 12.3 Å². The largest absolute Gasteiger partial charge is 0.376 e. The predicted molar refractivity (Wildman–Crippen MR) is 67.6 cm³/mol. The number of pyridine rings is 1. The molecule has 2 heterocycles. The Morgan fingerprint density at radius 2 is 2.39 bits per heavy atom. The Balaban J connectivity index is 2.04. The number of aromatic nitrogens is 1. The number of amides is 1. The Hall–Kier alpha value is -1.62. The van der Waals surface area contributed by atoms with Gasteiger partial charge in [0.15, 0.2) is 0 Å². The first kappa shape index (κ1) is 12.8. The summed E-state index contributed by atoms with van der Waals surface area (Å²) in [5.74, 6) is -0.0655. The van der Waals surface area contributed by atoms with Crippen molar-refractivity contribution in [3.05, 3.63) is 34.2 Å². The molecule has 0 aromatic carbocycles. The first-order valence-corrected chi connectivity index (χ1v) is 6.30. The van der Waals surface area contributed by atoms with Gasteiger partial charge in [-0.25, -0.2) is 0 Å². The van der Waals surface area contributed by atoms with Gasteiger partial charge in [0.25, 0.3) is 5.91 Å². The van der Waals surface area contributed by atoms with Gasteiger partial charge in [-0.05, 0) is 25.8 Å². The number of hydrogen-bond donors (Lipinski definition) is 1. The Morgan fingerprint density at radius 3 is 2.94 bits per heavy atom. The number of aromatic amines is 1. The van der Waals surface area contributed by atoms with Crippen LogP contribution in [0.4, 0.5) is 0 Å². The zero-order valence-electron chi connectivity index (χ0n) is 10.5. The summed E-state index contributed by atoms with van der Waals surface area (Å²) < 4.78 is 5.54. The highest BCUT2D eigenvalue weighted by Gasteiger charge is 2.22. The molecule has 0 radical (unpaired) electrons. The first-order chi connectivity index (χ1) is 8.70. The number of carbonyl (C=O) groups is 1. The van der Waals surface area contributed by atoms with Crippen molar-refractivity contribution in [3.8, 4) is 0 Å². The van der Waals surface area contributed by atoms with Crippen LogP contribution in [0.1, 0.15) is 30.1 Å². The van der Waals surface area contributed by atoms with Gasteiger partial charge in [0.1, 0.15) is 0 Å². The Bertz CT molecular complexity index is 443. The third-order valence-electron chi connectivity index (χ3n) is 3.15. The summed E-state index contributed by atoms with van der Waals surface area (Å²) in [5, 5.41) is 0. The van der Waals surface area contributed by atoms with Gasteiger partial charge < -0.3 is 14.6 Å². The highest BCUT2D eigenvalue weighted by molar-refractivity contribution is 5.93. The molecule has 5 heteroatoms. The number of nitrogens with zero attached hydrogens (tertiary/aromatic N) is 1. The lowest BCUT2D eigenvalue weighted by molar-refractivity contribution is 0.0539. The lowest BCUT2D eigenvalue weighted by Gasteiger charge is -2.23. The normalized spacial score (nSPS) is 18.8. The summed E-state index contributed by atoms with van der Waals surface area (Å²) in [6.45, 7) is 3.99. The topological polar surface area (TPSA) is 62.4 Å². The maximum Gasteiger partial charge on any atom is 0.255 e. The van der Waals surface area contributed by atoms with Crippen molar-refractivity contribution in [2.24, 2.45) is 0 Å². The molecule has 98 valence electrons. The summed E-state index contributed by atoms with van der Waals surface area (Å²) >= 11 is 0. The van der Waals surface area contributed by atoms with Crippen LogP contribution in [0, 0.1) is 0 Å². The molecule has 1 aromatic heterocycles. The van der Waals surface area contributed by atoms with Gasteiger partial charge in [-0.2, -0.15) is 0 Å². The summed E-state index contributed by atoms with van der Waals surface area (Å²) in [5.41, 5.74) is 0.308. The molecule has 18 heavy (non-hydrogen) atoms. The van der Waals surface area contributed by atoms with Crippen molar-refractivity contribution < 1.29 is 9.53 Å². The van der Waals surface area contributed by atoms with Gasteiger partial charge in [0.05, 0.1) is 11.7 Å². The van der Waals surface area contributed by atoms with Crippen LogP contribution >= 0.6 is 0 Å². The van der Waals surface area contributed by atoms with Crippen molar-refractivity contribution >= 4 is 5.91 Å². The summed E-state index contributed by atoms with van der Waals surface area (Å²) in [6, 6.07) is 2.92. The third-order valence-corrected chi connectivity index (χ3v) is 3.15. The standard InChI is InChI=1S/C13H18N2O3/c1-2-15(9-11-4-3-7-18-11)13(17)10-5-6-12(16)14-8-10/h5-6,8,11H,2-4,7,9H2,1H3,(H,14,16)/t11-/m0/s1. The molecule has 0 spiro atoms. The number of rotatable bonds is 4. The van der Waals surface area contributed by atoms with Gasteiger partial charge in [0.2, 0.25) is 5.56 Å². The molecule has 5 nitrogen and oxygen atoms in total. The number of H-pyrrole nitrogens is 1. The van der Waals surface area contributed by atoms with Crippen molar-refractivity contribution in [1.82, 2.24) is 9.88 Å². The average molecular weight is 250 g/mol. The van der Waals surface area contributed by atoms with E-state index in [1.54, 1.807) is 11.0 Å². The minimum absolute atomic E-state index is 0.0655. The molecule has 1 amide bonds. The van der Waals surface area contributed by atoms with Gasteiger partial charge in [0, 0.05) is 32.0 Å². The molecule has 1 saturated heterocycles. The van der Waals surface area contributed by atoms with E-state index in [-0.39, 0.29) is 17.6 Å². The summed E-state index contributed by atoms with van der Waals surface area (Å²) in [7, 11) is 0. The molecule has 1 fully saturated rings. The van der Waals surface area contributed by atoms with Crippen LogP contribution in [-0.2, 0) is 4.74 Å². The molecule has 1 N–H and O–H groups in total. The third kappa shape index (κ3) is 2.98. The van der Waals surface area contributed by atoms with Crippen molar-refractivity contribution in [2.75, 3.05) is 19.7 Å². The SMILES string of the molecule is CCN(C[C@@H]1CCCO1)C(=O)c1ccc(=O)[nH]c1. The number of carbonyl (C=O) groups excluding carboxylic acids is 1. The molecule has 0 unspecified atom stereocenters. The Labute approximate surface area is 106 Å². The summed E-state index contributed by atoms with van der Waals surface area (Å²) in [6.07, 6.45) is 3.68. The van der Waals surface area contributed by atoms with E-state index in [4.69, 9.17) is 4.74 Å². The van der Waals surface area contributed by atoms with Gasteiger partial charge >= 0.3 is 0 Å². The quantitative estimate of drug-likeness (QED) is 0.867. The molecule has 1 aliphatic heterocycles. The second-order valence-corrected chi connectivity index (χ2v) is 4.42. The van der Waals surface area contributed by atoms with E-state index in [1.807, 2.05) is 6.92 Å². The highest BCUT2D eigenvalue weighted by atomic mass is 16.5. The molecule has 2 rings (SSSR count). The Morgan fingerprint density at radius 1 is 1.56 bits per heavy atom. The number of nitrogens with one attached hydrogen (secondary N) is 1. The number of hydrogen-bond acceptors (Lipinski definition) is 3. The van der Waals surface area contributed by atoms with Crippen LogP contribution < -0.4 is 5.56 Å². The molecule has 0 bridgehead atoms. The van der Waals surface area contributed by atoms with Crippen molar-refractivity contribution in [1.29, 1.82) is 0 Å². The van der Waals surface area contributed by atoms with E-state index < -0.39 is 0 Å². The minimum Gasteiger partial charge on any atom is -0.376 e. The van der Waals surface area contributed by atoms with E-state index in [0.717, 1.165) is 19.4 Å². The van der Waals surface area contributed by atoms with Gasteiger partial charge in [-0.15, -0.1) is 0 Å². The fourth-order valence-electron chi connectivity index (χ4n) is 2.12. The van der Waals surface area contributed by atoms with Crippen LogP contribution in [0.2, 0.25) is 0 Å². The smallest absolute Gasteiger partial charge is 0.255 e. The van der Waals surface area contributed by atoms with E-state index >= 15 is 0 Å². The molecule has 0 aliphatic carbocycles. The van der Waals surface area contributed by atoms with E-state index in [0.29, 0.717) is 18.7 Å². The predicted octanol–water partition coefficient (Wildman–Crippen LogP) is 1.02. The summed E-state index contributed by atoms with van der Waals surface area (Å²) in [4.78, 5) is 27.5. The zero-order chi connectivity index (χ0) is 13.0. The Kier molecular flexibility index (Phi) is 4.15. The molecule has 1 aliphatic rings. The van der Waals surface area contributed by atoms with Crippen LogP contribution in [-0.4, -0.2) is 41.6 Å². The molecular weight excluding hydrogens is 232 g/mol. The van der Waals surface area contributed by atoms with Crippen molar-refractivity contribution in [2.45, 2.75) is 25.9 Å². The lowest BCUT2D eigenvalue weighted by atomic mass is 10.2. The zero-order valence-corrected chi connectivity index (χ0v) is 10.5. The van der Waals surface area contributed by atoms with Crippen LogP contribution in [0.25, 0.3) is 0 Å². The van der Waals surface area contributed by atoms with Crippen LogP contribution in [0.15, 0.2) is 23.1 Å². The van der Waals surface area contributed by atoms with Gasteiger partial charge in [-0.3, -0.25) is 9.59 Å². The second kappa shape index (κ2) is 5.82. The van der Waals surface area contributed by atoms with E-state index in [9.17, 15) is 9.59 Å². The molecular formula is C13H18N2O3. The lowest BCUT2D eigenvalue weighted by Crippen LogP contribution is -2.37. The fraction of sp³-hybridized carbons (Fsp3) is 0.538.